The molecule has 1 aliphatic heterocycles. The Balaban J connectivity index is 1.38. The van der Waals surface area contributed by atoms with Crippen LogP contribution < -0.4 is 19.7 Å². The van der Waals surface area contributed by atoms with Crippen molar-refractivity contribution in [1.82, 2.24) is 24.9 Å². The molecule has 2 fully saturated rings. The highest BCUT2D eigenvalue weighted by Gasteiger charge is 2.29. The van der Waals surface area contributed by atoms with Gasteiger partial charge < -0.3 is 19.9 Å². The van der Waals surface area contributed by atoms with Gasteiger partial charge in [-0.3, -0.25) is 4.79 Å². The second kappa shape index (κ2) is 13.2. The van der Waals surface area contributed by atoms with Gasteiger partial charge in [0.15, 0.2) is 11.6 Å². The Morgan fingerprint density at radius 3 is 2.60 bits per heavy atom. The van der Waals surface area contributed by atoms with Crippen LogP contribution in [0.15, 0.2) is 30.7 Å². The number of ether oxygens (including phenoxy) is 1. The van der Waals surface area contributed by atoms with Crippen LogP contribution in [0.2, 0.25) is 0 Å². The van der Waals surface area contributed by atoms with Gasteiger partial charge in [-0.25, -0.2) is 27.5 Å². The smallest absolute Gasteiger partial charge is 0.257 e. The predicted octanol–water partition coefficient (Wildman–Crippen LogP) is 3.55. The minimum atomic E-state index is -3.17. The highest BCUT2D eigenvalue weighted by molar-refractivity contribution is 7.88. The van der Waals surface area contributed by atoms with E-state index in [2.05, 4.69) is 24.9 Å². The molecule has 4 rings (SSSR count). The van der Waals surface area contributed by atoms with Crippen molar-refractivity contribution in [1.29, 1.82) is 0 Å². The molecule has 40 heavy (non-hydrogen) atoms. The molecule has 2 aliphatic rings. The van der Waals surface area contributed by atoms with E-state index < -0.39 is 15.8 Å². The maximum absolute atomic E-state index is 14.2. The van der Waals surface area contributed by atoms with E-state index in [1.54, 1.807) is 11.1 Å². The minimum Gasteiger partial charge on any atom is -0.451 e. The van der Waals surface area contributed by atoms with E-state index in [-0.39, 0.29) is 35.3 Å². The number of carbonyl (C=O) groups excluding carboxylic acids is 1. The lowest BCUT2D eigenvalue weighted by molar-refractivity contribution is 0.0713. The van der Waals surface area contributed by atoms with Crippen molar-refractivity contribution < 1.29 is 22.3 Å². The van der Waals surface area contributed by atoms with Gasteiger partial charge in [0.05, 0.1) is 18.0 Å². The van der Waals surface area contributed by atoms with Crippen LogP contribution in [0.1, 0.15) is 63.2 Å². The average Bonchev–Trinajstić information content (AvgIpc) is 3.38. The van der Waals surface area contributed by atoms with Crippen molar-refractivity contribution in [2.45, 2.75) is 71.0 Å². The molecule has 220 valence electrons. The van der Waals surface area contributed by atoms with Gasteiger partial charge in [-0.2, -0.15) is 0 Å². The molecule has 1 aromatic carbocycles. The van der Waals surface area contributed by atoms with Gasteiger partial charge in [0, 0.05) is 37.8 Å². The molecular formula is C28H41FN6O4S. The van der Waals surface area contributed by atoms with E-state index >= 15 is 0 Å². The molecule has 0 spiro atoms. The van der Waals surface area contributed by atoms with E-state index in [0.717, 1.165) is 51.7 Å². The summed E-state index contributed by atoms with van der Waals surface area (Å²) < 4.78 is 46.1. The topological polar surface area (TPSA) is 117 Å². The number of hydrogen-bond acceptors (Lipinski definition) is 8. The van der Waals surface area contributed by atoms with E-state index in [0.29, 0.717) is 24.0 Å². The van der Waals surface area contributed by atoms with E-state index in [9.17, 15) is 17.6 Å². The molecule has 2 N–H and O–H groups in total. The highest BCUT2D eigenvalue weighted by atomic mass is 32.2. The molecule has 0 radical (unpaired) electrons. The Hall–Kier alpha value is -2.83. The molecule has 1 aliphatic carbocycles. The maximum atomic E-state index is 14.2. The molecule has 1 atom stereocenters. The predicted molar refractivity (Wildman–Crippen MR) is 153 cm³/mol. The third kappa shape index (κ3) is 7.88. The lowest BCUT2D eigenvalue weighted by atomic mass is 9.86. The van der Waals surface area contributed by atoms with Crippen LogP contribution in [0.25, 0.3) is 0 Å². The lowest BCUT2D eigenvalue weighted by Crippen LogP contribution is -2.40. The van der Waals surface area contributed by atoms with Gasteiger partial charge >= 0.3 is 0 Å². The summed E-state index contributed by atoms with van der Waals surface area (Å²) >= 11 is 0. The number of nitrogens with one attached hydrogen (secondary N) is 2. The Bertz CT molecular complexity index is 1270. The van der Waals surface area contributed by atoms with E-state index in [1.165, 1.54) is 30.8 Å². The quantitative estimate of drug-likeness (QED) is 0.417. The zero-order chi connectivity index (χ0) is 28.9. The standard InChI is InChI=1S/C28H41FN6O4S/c1-5-35(19(2)3)28(36)24-14-21(29)8-11-25(24)39-26-16-30-18-32-27(26)34-13-12-23(17-34)31-15-20-6-9-22(10-7-20)33-40(4,37)38/h8,11,14,16,18-20,22-23,31,33H,5-7,9-10,12-13,15,17H2,1-4H3/t20-,22+,23?. The van der Waals surface area contributed by atoms with Crippen molar-refractivity contribution >= 4 is 21.7 Å². The van der Waals surface area contributed by atoms with Crippen LogP contribution >= 0.6 is 0 Å². The number of anilines is 1. The molecule has 1 saturated heterocycles. The minimum absolute atomic E-state index is 0.0387. The van der Waals surface area contributed by atoms with Crippen molar-refractivity contribution in [2.24, 2.45) is 5.92 Å². The average molecular weight is 577 g/mol. The van der Waals surface area contributed by atoms with Crippen LogP contribution in [-0.2, 0) is 10.0 Å². The molecule has 0 bridgehead atoms. The lowest BCUT2D eigenvalue weighted by Gasteiger charge is -2.29. The normalized spacial score (nSPS) is 21.6. The summed E-state index contributed by atoms with van der Waals surface area (Å²) in [6.45, 7) is 8.63. The number of halogens is 1. The first kappa shape index (κ1) is 30.1. The fourth-order valence-electron chi connectivity index (χ4n) is 5.63. The van der Waals surface area contributed by atoms with Crippen molar-refractivity contribution in [3.05, 3.63) is 42.1 Å². The highest BCUT2D eigenvalue weighted by Crippen LogP contribution is 2.34. The largest absolute Gasteiger partial charge is 0.451 e. The van der Waals surface area contributed by atoms with Gasteiger partial charge in [0.25, 0.3) is 5.91 Å². The number of nitrogens with zero attached hydrogens (tertiary/aromatic N) is 4. The van der Waals surface area contributed by atoms with Gasteiger partial charge in [-0.05, 0) is 83.5 Å². The number of amides is 1. The summed E-state index contributed by atoms with van der Waals surface area (Å²) in [5.41, 5.74) is 0.160. The number of aromatic nitrogens is 2. The Labute approximate surface area is 236 Å². The van der Waals surface area contributed by atoms with Gasteiger partial charge in [-0.15, -0.1) is 0 Å². The third-order valence-electron chi connectivity index (χ3n) is 7.69. The Morgan fingerprint density at radius 2 is 1.93 bits per heavy atom. The van der Waals surface area contributed by atoms with Crippen molar-refractivity contribution in [2.75, 3.05) is 37.3 Å². The van der Waals surface area contributed by atoms with Crippen LogP contribution in [-0.4, -0.2) is 79.8 Å². The SMILES string of the molecule is CCN(C(=O)c1cc(F)ccc1Oc1cncnc1N1CCC(NC[C@H]2CC[C@@H](NS(C)(=O)=O)CC2)C1)C(C)C. The van der Waals surface area contributed by atoms with Gasteiger partial charge in [0.2, 0.25) is 10.0 Å². The molecule has 12 heteroatoms. The van der Waals surface area contributed by atoms with Crippen molar-refractivity contribution in [3.8, 4) is 11.5 Å². The summed E-state index contributed by atoms with van der Waals surface area (Å²) in [7, 11) is -3.17. The zero-order valence-corrected chi connectivity index (χ0v) is 24.6. The summed E-state index contributed by atoms with van der Waals surface area (Å²) in [6.07, 6.45) is 8.90. The van der Waals surface area contributed by atoms with Gasteiger partial charge in [-0.1, -0.05) is 0 Å². The molecular weight excluding hydrogens is 535 g/mol. The number of hydrogen-bond donors (Lipinski definition) is 2. The fourth-order valence-corrected chi connectivity index (χ4v) is 6.48. The molecule has 10 nitrogen and oxygen atoms in total. The van der Waals surface area contributed by atoms with Crippen LogP contribution in [0, 0.1) is 11.7 Å². The number of rotatable bonds is 11. The number of carbonyl (C=O) groups is 1. The van der Waals surface area contributed by atoms with Crippen LogP contribution in [0.5, 0.6) is 11.5 Å². The summed E-state index contributed by atoms with van der Waals surface area (Å²) in [6, 6.07) is 4.24. The second-order valence-corrected chi connectivity index (χ2v) is 12.9. The van der Waals surface area contributed by atoms with E-state index in [4.69, 9.17) is 4.74 Å². The maximum Gasteiger partial charge on any atom is 0.257 e. The van der Waals surface area contributed by atoms with Crippen LogP contribution in [0.4, 0.5) is 10.2 Å². The van der Waals surface area contributed by atoms with Crippen molar-refractivity contribution in [3.63, 3.8) is 0 Å². The Kier molecular flexibility index (Phi) is 9.96. The summed E-state index contributed by atoms with van der Waals surface area (Å²) in [5.74, 6) is 1.02. The third-order valence-corrected chi connectivity index (χ3v) is 8.45. The summed E-state index contributed by atoms with van der Waals surface area (Å²) in [5, 5.41) is 3.69. The number of sulfonamides is 1. The molecule has 2 aromatic rings. The monoisotopic (exact) mass is 576 g/mol. The number of benzene rings is 1. The first-order chi connectivity index (χ1) is 19.0. The first-order valence-electron chi connectivity index (χ1n) is 14.1. The molecule has 1 saturated carbocycles. The molecule has 1 unspecified atom stereocenters. The summed E-state index contributed by atoms with van der Waals surface area (Å²) in [4.78, 5) is 25.7. The van der Waals surface area contributed by atoms with Crippen LogP contribution in [0.3, 0.4) is 0 Å². The van der Waals surface area contributed by atoms with E-state index in [1.807, 2.05) is 20.8 Å². The Morgan fingerprint density at radius 1 is 1.18 bits per heavy atom. The molecule has 1 amide bonds. The molecule has 1 aromatic heterocycles. The first-order valence-corrected chi connectivity index (χ1v) is 16.0. The van der Waals surface area contributed by atoms with Gasteiger partial charge in [0.1, 0.15) is 17.9 Å². The second-order valence-electron chi connectivity index (χ2n) is 11.1. The molecule has 2 heterocycles. The fraction of sp³-hybridized carbons (Fsp3) is 0.607. The zero-order valence-electron chi connectivity index (χ0n) is 23.8.